The van der Waals surface area contributed by atoms with Gasteiger partial charge in [-0.05, 0) is 0 Å². The van der Waals surface area contributed by atoms with E-state index in [0.717, 1.165) is 20.1 Å². The normalized spacial score (nSPS) is 33.4. The zero-order valence-electron chi connectivity index (χ0n) is 9.82. The molecule has 4 unspecified atom stereocenters. The molecule has 0 N–H and O–H groups in total. The quantitative estimate of drug-likeness (QED) is 0.370. The van der Waals surface area contributed by atoms with E-state index in [2.05, 4.69) is 65.5 Å². The Balaban J connectivity index is 1.68. The van der Waals surface area contributed by atoms with E-state index in [1.807, 2.05) is 8.94 Å². The van der Waals surface area contributed by atoms with E-state index in [0.29, 0.717) is 29.9 Å². The topological polar surface area (TPSA) is 0 Å². The molecule has 18 heavy (non-hydrogen) atoms. The van der Waals surface area contributed by atoms with Crippen molar-refractivity contribution in [2.75, 3.05) is 11.5 Å². The SMILES string of the molecule is [SeH]C(CC1CS1)C1=C(C([SeH])CC2CS2)[Se]C=C[Se]1. The standard InChI is InChI=1S/C12H16S2Se4/c15-9(3-7-5-13-7)11-12(18-2-1-17-11)10(16)4-8-6-14-8/h1-2,7-10,15-16H,3-6H2. The Kier molecular flexibility index (Phi) is 5.91. The van der Waals surface area contributed by atoms with Crippen LogP contribution in [0.4, 0.5) is 0 Å². The average molecular weight is 540 g/mol. The molecule has 0 aromatic heterocycles. The summed E-state index contributed by atoms with van der Waals surface area (Å²) in [6.45, 7) is 0. The molecule has 2 saturated heterocycles. The molecule has 4 atom stereocenters. The third-order valence-corrected chi connectivity index (χ3v) is 14.6. The third kappa shape index (κ3) is 4.37. The van der Waals surface area contributed by atoms with Crippen LogP contribution in [0.1, 0.15) is 12.8 Å². The summed E-state index contributed by atoms with van der Waals surface area (Å²) in [6.07, 6.45) is 2.82. The van der Waals surface area contributed by atoms with Crippen LogP contribution < -0.4 is 0 Å². The summed E-state index contributed by atoms with van der Waals surface area (Å²) < 4.78 is 3.68. The Morgan fingerprint density at radius 1 is 1.00 bits per heavy atom. The monoisotopic (exact) mass is 544 g/mol. The first-order valence-electron chi connectivity index (χ1n) is 6.05. The molecule has 100 valence electrons. The second-order valence-electron chi connectivity index (χ2n) is 4.65. The number of thioether (sulfide) groups is 2. The van der Waals surface area contributed by atoms with E-state index < -0.39 is 0 Å². The van der Waals surface area contributed by atoms with Gasteiger partial charge in [-0.2, -0.15) is 0 Å². The molecule has 0 aliphatic carbocycles. The van der Waals surface area contributed by atoms with Gasteiger partial charge < -0.3 is 0 Å². The fraction of sp³-hybridized carbons (Fsp3) is 0.667. The Morgan fingerprint density at radius 2 is 1.39 bits per heavy atom. The molecule has 0 saturated carbocycles. The maximum atomic E-state index is 2.98. The van der Waals surface area contributed by atoms with Gasteiger partial charge in [-0.3, -0.25) is 0 Å². The van der Waals surface area contributed by atoms with E-state index >= 15 is 0 Å². The zero-order chi connectivity index (χ0) is 12.5. The number of hydrogen-bond donors (Lipinski definition) is 0. The summed E-state index contributed by atoms with van der Waals surface area (Å²) in [4.78, 5) is 6.52. The van der Waals surface area contributed by atoms with Crippen molar-refractivity contribution in [3.63, 3.8) is 0 Å². The summed E-state index contributed by atoms with van der Waals surface area (Å²) in [5, 5.41) is 1.95. The Bertz CT molecular complexity index is 340. The fourth-order valence-electron chi connectivity index (χ4n) is 1.92. The fourth-order valence-corrected chi connectivity index (χ4v) is 12.8. The number of rotatable bonds is 6. The molecular formula is C12H16S2Se4. The van der Waals surface area contributed by atoms with Crippen molar-refractivity contribution in [1.29, 1.82) is 0 Å². The molecule has 0 radical (unpaired) electrons. The van der Waals surface area contributed by atoms with Crippen LogP contribution in [0.2, 0.25) is 9.63 Å². The molecule has 0 amide bonds. The van der Waals surface area contributed by atoms with Crippen LogP contribution in [0, 0.1) is 0 Å². The van der Waals surface area contributed by atoms with Crippen molar-refractivity contribution in [1.82, 2.24) is 0 Å². The summed E-state index contributed by atoms with van der Waals surface area (Å²) in [5.74, 6) is 2.82. The second kappa shape index (κ2) is 7.01. The predicted octanol–water partition coefficient (Wildman–Crippen LogP) is 1.48. The molecule has 3 heterocycles. The molecule has 2 fully saturated rings. The summed E-state index contributed by atoms with van der Waals surface area (Å²) in [6, 6.07) is 0. The van der Waals surface area contributed by atoms with Crippen LogP contribution in [0.3, 0.4) is 0 Å². The van der Waals surface area contributed by atoms with Gasteiger partial charge in [0.1, 0.15) is 0 Å². The molecule has 0 bridgehead atoms. The van der Waals surface area contributed by atoms with Gasteiger partial charge in [0, 0.05) is 0 Å². The van der Waals surface area contributed by atoms with Gasteiger partial charge in [-0.25, -0.2) is 0 Å². The van der Waals surface area contributed by atoms with Crippen LogP contribution in [-0.4, -0.2) is 83.9 Å². The molecule has 6 heteroatoms. The molecule has 0 aromatic rings. The molecule has 3 aliphatic heterocycles. The molecule has 0 spiro atoms. The minimum atomic E-state index is 0.640. The molecule has 3 rings (SSSR count). The van der Waals surface area contributed by atoms with Crippen molar-refractivity contribution in [2.45, 2.75) is 33.0 Å². The minimum absolute atomic E-state index is 0.640. The van der Waals surface area contributed by atoms with Crippen molar-refractivity contribution in [3.05, 3.63) is 18.9 Å². The number of hydrogen-bond acceptors (Lipinski definition) is 2. The number of allylic oxidation sites excluding steroid dienone is 2. The molecule has 0 nitrogen and oxygen atoms in total. The Morgan fingerprint density at radius 3 is 1.72 bits per heavy atom. The van der Waals surface area contributed by atoms with Crippen molar-refractivity contribution in [3.8, 4) is 0 Å². The van der Waals surface area contributed by atoms with E-state index in [9.17, 15) is 0 Å². The van der Waals surface area contributed by atoms with Gasteiger partial charge in [-0.15, -0.1) is 0 Å². The maximum absolute atomic E-state index is 2.98. The first-order chi connectivity index (χ1) is 8.74. The first-order valence-corrected chi connectivity index (χ1v) is 14.0. The van der Waals surface area contributed by atoms with Crippen LogP contribution in [0.5, 0.6) is 0 Å². The molecule has 3 aliphatic rings. The second-order valence-corrected chi connectivity index (χ2v) is 13.9. The van der Waals surface area contributed by atoms with Gasteiger partial charge in [0.2, 0.25) is 0 Å². The van der Waals surface area contributed by atoms with Gasteiger partial charge in [-0.1, -0.05) is 0 Å². The summed E-state index contributed by atoms with van der Waals surface area (Å²) >= 11 is 11.5. The van der Waals surface area contributed by atoms with Crippen molar-refractivity contribution >= 4 is 85.5 Å². The predicted molar refractivity (Wildman–Crippen MR) is 91.2 cm³/mol. The van der Waals surface area contributed by atoms with Gasteiger partial charge in [0.25, 0.3) is 0 Å². The van der Waals surface area contributed by atoms with Crippen LogP contribution in [0.15, 0.2) is 18.9 Å². The Hall–Kier alpha value is 2.26. The summed E-state index contributed by atoms with van der Waals surface area (Å²) in [7, 11) is 0. The molecule has 0 aromatic carbocycles. The van der Waals surface area contributed by atoms with Crippen molar-refractivity contribution in [2.24, 2.45) is 0 Å². The zero-order valence-corrected chi connectivity index (χ0v) is 18.6. The Labute approximate surface area is 147 Å². The van der Waals surface area contributed by atoms with E-state index in [-0.39, 0.29) is 0 Å². The van der Waals surface area contributed by atoms with E-state index in [1.165, 1.54) is 24.3 Å². The summed E-state index contributed by atoms with van der Waals surface area (Å²) in [5.41, 5.74) is 0. The van der Waals surface area contributed by atoms with Crippen molar-refractivity contribution < 1.29 is 0 Å². The average Bonchev–Trinajstić information content (AvgIpc) is 3.25. The molecular weight excluding hydrogens is 524 g/mol. The first kappa shape index (κ1) is 15.2. The van der Waals surface area contributed by atoms with E-state index in [1.54, 1.807) is 0 Å². The van der Waals surface area contributed by atoms with Crippen LogP contribution >= 0.6 is 23.5 Å². The van der Waals surface area contributed by atoms with Gasteiger partial charge >= 0.3 is 149 Å². The van der Waals surface area contributed by atoms with E-state index in [4.69, 9.17) is 0 Å². The van der Waals surface area contributed by atoms with Gasteiger partial charge in [0.15, 0.2) is 0 Å². The van der Waals surface area contributed by atoms with Crippen LogP contribution in [0.25, 0.3) is 0 Å². The van der Waals surface area contributed by atoms with Gasteiger partial charge in [0.05, 0.1) is 0 Å². The van der Waals surface area contributed by atoms with Crippen LogP contribution in [-0.2, 0) is 0 Å². The third-order valence-electron chi connectivity index (χ3n) is 3.07.